The summed E-state index contributed by atoms with van der Waals surface area (Å²) in [6, 6.07) is -0.848. The van der Waals surface area contributed by atoms with Gasteiger partial charge >= 0.3 is 0 Å². The van der Waals surface area contributed by atoms with E-state index in [0.29, 0.717) is 12.8 Å². The van der Waals surface area contributed by atoms with E-state index >= 15 is 0 Å². The van der Waals surface area contributed by atoms with Crippen molar-refractivity contribution < 1.29 is 64.6 Å². The summed E-state index contributed by atoms with van der Waals surface area (Å²) in [7, 11) is 0. The number of carbonyl (C=O) groups is 1. The van der Waals surface area contributed by atoms with Gasteiger partial charge in [-0.15, -0.1) is 0 Å². The van der Waals surface area contributed by atoms with E-state index in [1.807, 2.05) is 0 Å². The average molecular weight is 1120 g/mol. The molecule has 2 saturated heterocycles. The van der Waals surface area contributed by atoms with Crippen LogP contribution in [0.4, 0.5) is 0 Å². The molecule has 1 amide bonds. The van der Waals surface area contributed by atoms with Crippen LogP contribution in [0.25, 0.3) is 0 Å². The number of aliphatic hydroxyl groups excluding tert-OH is 8. The van der Waals surface area contributed by atoms with Crippen LogP contribution in [0.5, 0.6) is 0 Å². The fourth-order valence-corrected chi connectivity index (χ4v) is 10.1. The van der Waals surface area contributed by atoms with Gasteiger partial charge in [-0.25, -0.2) is 0 Å². The SMILES string of the molecule is CC/C=C\C/C=C\C/C=C\C/C=C\C/C=C\C/C=C\CCCCCCC(=O)NC(COC1OC(CO)C(OC2OC(CO)C(O)C(O)C2O)C(O)C1O)C(O)CCCCCCCCCCCCCCCCCCCCCCCC. The number of aliphatic hydroxyl groups is 8. The van der Waals surface area contributed by atoms with Gasteiger partial charge in [0.05, 0.1) is 32.0 Å². The van der Waals surface area contributed by atoms with Gasteiger partial charge in [0.25, 0.3) is 0 Å². The third-order valence-corrected chi connectivity index (χ3v) is 15.2. The van der Waals surface area contributed by atoms with E-state index < -0.39 is 86.8 Å². The second kappa shape index (κ2) is 50.0. The largest absolute Gasteiger partial charge is 0.394 e. The zero-order valence-electron chi connectivity index (χ0n) is 49.3. The van der Waals surface area contributed by atoms with Crippen LogP contribution in [0.15, 0.2) is 72.9 Å². The minimum Gasteiger partial charge on any atom is -0.394 e. The smallest absolute Gasteiger partial charge is 0.220 e. The first kappa shape index (κ1) is 72.5. The number of nitrogens with one attached hydrogen (secondary N) is 1. The normalized spacial score (nSPS) is 24.9. The van der Waals surface area contributed by atoms with Crippen molar-refractivity contribution in [3.8, 4) is 0 Å². The summed E-state index contributed by atoms with van der Waals surface area (Å²) >= 11 is 0. The summed E-state index contributed by atoms with van der Waals surface area (Å²) in [4.78, 5) is 13.3. The van der Waals surface area contributed by atoms with Crippen molar-refractivity contribution in [2.24, 2.45) is 0 Å². The molecular weight excluding hydrogens is 1000 g/mol. The summed E-state index contributed by atoms with van der Waals surface area (Å²) < 4.78 is 22.9. The number of hydrogen-bond donors (Lipinski definition) is 9. The highest BCUT2D eigenvalue weighted by Crippen LogP contribution is 2.30. The van der Waals surface area contributed by atoms with Crippen molar-refractivity contribution in [1.82, 2.24) is 5.32 Å². The van der Waals surface area contributed by atoms with Crippen molar-refractivity contribution >= 4 is 5.91 Å². The summed E-state index contributed by atoms with van der Waals surface area (Å²) in [6.07, 6.45) is 48.9. The average Bonchev–Trinajstić information content (AvgIpc) is 3.47. The van der Waals surface area contributed by atoms with Crippen LogP contribution in [0, 0.1) is 0 Å². The van der Waals surface area contributed by atoms with Gasteiger partial charge in [-0.3, -0.25) is 4.79 Å². The third-order valence-electron chi connectivity index (χ3n) is 15.2. The lowest BCUT2D eigenvalue weighted by Crippen LogP contribution is -2.65. The molecule has 79 heavy (non-hydrogen) atoms. The Labute approximate surface area is 478 Å². The number of ether oxygens (including phenoxy) is 4. The fourth-order valence-electron chi connectivity index (χ4n) is 10.1. The first-order valence-corrected chi connectivity index (χ1v) is 31.7. The van der Waals surface area contributed by atoms with Crippen molar-refractivity contribution in [1.29, 1.82) is 0 Å². The second-order valence-corrected chi connectivity index (χ2v) is 22.2. The molecule has 2 aliphatic rings. The molecule has 14 nitrogen and oxygen atoms in total. The Morgan fingerprint density at radius 1 is 0.468 bits per heavy atom. The molecule has 0 spiro atoms. The maximum atomic E-state index is 13.3. The Hall–Kier alpha value is -2.57. The molecule has 9 N–H and O–H groups in total. The highest BCUT2D eigenvalue weighted by atomic mass is 16.7. The minimum absolute atomic E-state index is 0.231. The van der Waals surface area contributed by atoms with Gasteiger partial charge in [-0.1, -0.05) is 241 Å². The molecule has 2 heterocycles. The number of unbranched alkanes of at least 4 members (excludes halogenated alkanes) is 25. The Morgan fingerprint density at radius 2 is 0.873 bits per heavy atom. The van der Waals surface area contributed by atoms with Gasteiger partial charge in [0.15, 0.2) is 12.6 Å². The van der Waals surface area contributed by atoms with E-state index in [4.69, 9.17) is 18.9 Å². The molecule has 12 unspecified atom stereocenters. The lowest BCUT2D eigenvalue weighted by atomic mass is 9.97. The number of hydrogen-bond acceptors (Lipinski definition) is 13. The lowest BCUT2D eigenvalue weighted by Gasteiger charge is -2.46. The molecule has 0 aromatic heterocycles. The van der Waals surface area contributed by atoms with Gasteiger partial charge in [0.1, 0.15) is 48.8 Å². The van der Waals surface area contributed by atoms with Crippen LogP contribution in [0.1, 0.15) is 239 Å². The minimum atomic E-state index is -1.79. The van der Waals surface area contributed by atoms with Crippen LogP contribution in [-0.2, 0) is 23.7 Å². The van der Waals surface area contributed by atoms with Crippen molar-refractivity contribution in [3.05, 3.63) is 72.9 Å². The van der Waals surface area contributed by atoms with Crippen LogP contribution in [-0.4, -0.2) is 140 Å². The van der Waals surface area contributed by atoms with Gasteiger partial charge < -0.3 is 65.1 Å². The highest BCUT2D eigenvalue weighted by molar-refractivity contribution is 5.76. The second-order valence-electron chi connectivity index (χ2n) is 22.2. The van der Waals surface area contributed by atoms with E-state index in [9.17, 15) is 45.6 Å². The number of allylic oxidation sites excluding steroid dienone is 12. The molecule has 2 rings (SSSR count). The predicted molar refractivity (Wildman–Crippen MR) is 318 cm³/mol. The standard InChI is InChI=1S/C65H115NO13/c1-3-5-7-9-11-13-15-17-19-21-23-25-27-29-31-33-35-37-39-41-43-45-47-49-57(70)66-53(52-76-64-62(75)60(73)63(56(51-68)78-64)79-65-61(74)59(72)58(71)55(50-67)77-65)54(69)48-46-44-42-40-38-36-34-32-30-28-26-24-22-20-18-16-14-12-10-8-6-4-2/h5,7,11,13,17,19,23,25,29,31,35,37,53-56,58-65,67-69,71-75H,3-4,6,8-10,12,14-16,18,20-22,24,26-28,30,32-34,36,38-52H2,1-2H3,(H,66,70)/b7-5-,13-11-,19-17-,25-23-,31-29-,37-35-. The molecule has 14 heteroatoms. The number of carbonyl (C=O) groups excluding carboxylic acids is 1. The van der Waals surface area contributed by atoms with Crippen LogP contribution in [0.2, 0.25) is 0 Å². The molecule has 0 saturated carbocycles. The van der Waals surface area contributed by atoms with Crippen LogP contribution >= 0.6 is 0 Å². The molecule has 2 aliphatic heterocycles. The summed E-state index contributed by atoms with van der Waals surface area (Å²) in [5.74, 6) is -0.231. The van der Waals surface area contributed by atoms with Crippen LogP contribution < -0.4 is 5.32 Å². The molecule has 0 radical (unpaired) electrons. The monoisotopic (exact) mass is 1120 g/mol. The predicted octanol–water partition coefficient (Wildman–Crippen LogP) is 11.5. The van der Waals surface area contributed by atoms with Gasteiger partial charge in [-0.05, 0) is 64.2 Å². The van der Waals surface area contributed by atoms with Gasteiger partial charge in [0, 0.05) is 6.42 Å². The van der Waals surface area contributed by atoms with E-state index in [1.165, 1.54) is 116 Å². The Morgan fingerprint density at radius 3 is 1.34 bits per heavy atom. The Balaban J connectivity index is 1.75. The van der Waals surface area contributed by atoms with E-state index in [1.54, 1.807) is 0 Å². The maximum absolute atomic E-state index is 13.3. The van der Waals surface area contributed by atoms with E-state index in [2.05, 4.69) is 92.1 Å². The molecule has 0 aromatic carbocycles. The van der Waals surface area contributed by atoms with Crippen molar-refractivity contribution in [2.75, 3.05) is 19.8 Å². The molecule has 0 aromatic rings. The van der Waals surface area contributed by atoms with Gasteiger partial charge in [-0.2, -0.15) is 0 Å². The van der Waals surface area contributed by atoms with Gasteiger partial charge in [0.2, 0.25) is 5.91 Å². The van der Waals surface area contributed by atoms with Crippen molar-refractivity contribution in [3.63, 3.8) is 0 Å². The van der Waals surface area contributed by atoms with E-state index in [-0.39, 0.29) is 18.9 Å². The molecule has 458 valence electrons. The number of amides is 1. The molecular formula is C65H115NO13. The molecule has 0 aliphatic carbocycles. The molecule has 12 atom stereocenters. The highest BCUT2D eigenvalue weighted by Gasteiger charge is 2.51. The number of rotatable bonds is 50. The molecule has 0 bridgehead atoms. The topological polar surface area (TPSA) is 228 Å². The third kappa shape index (κ3) is 35.2. The van der Waals surface area contributed by atoms with Crippen molar-refractivity contribution in [2.45, 2.75) is 312 Å². The van der Waals surface area contributed by atoms with Crippen LogP contribution in [0.3, 0.4) is 0 Å². The van der Waals surface area contributed by atoms with E-state index in [0.717, 1.165) is 89.9 Å². The molecule has 2 fully saturated rings. The zero-order valence-corrected chi connectivity index (χ0v) is 49.3. The first-order valence-electron chi connectivity index (χ1n) is 31.7. The summed E-state index contributed by atoms with van der Waals surface area (Å²) in [6.45, 7) is 2.74. The summed E-state index contributed by atoms with van der Waals surface area (Å²) in [5.41, 5.74) is 0. The quantitative estimate of drug-likeness (QED) is 0.0204. The Kier molecular flexibility index (Phi) is 45.9. The first-order chi connectivity index (χ1) is 38.6. The maximum Gasteiger partial charge on any atom is 0.220 e. The zero-order chi connectivity index (χ0) is 57.4. The fraction of sp³-hybridized carbons (Fsp3) is 0.800. The Bertz CT molecular complexity index is 1600. The summed E-state index contributed by atoms with van der Waals surface area (Å²) in [5, 5.41) is 87.4. The lowest BCUT2D eigenvalue weighted by molar-refractivity contribution is -0.359.